The van der Waals surface area contributed by atoms with Gasteiger partial charge in [0, 0.05) is 22.7 Å². The van der Waals surface area contributed by atoms with Crippen molar-refractivity contribution >= 4 is 52.6 Å². The third-order valence-corrected chi connectivity index (χ3v) is 4.87. The fraction of sp³-hybridized carbons (Fsp3) is 0.158. The molecule has 30 heavy (non-hydrogen) atoms. The number of benzene rings is 1. The van der Waals surface area contributed by atoms with Gasteiger partial charge >= 0.3 is 6.03 Å². The average molecular weight is 428 g/mol. The van der Waals surface area contributed by atoms with Gasteiger partial charge in [-0.25, -0.2) is 14.2 Å². The number of anilines is 3. The third-order valence-electron chi connectivity index (χ3n) is 4.64. The van der Waals surface area contributed by atoms with Crippen molar-refractivity contribution in [1.82, 2.24) is 25.2 Å². The third kappa shape index (κ3) is 3.52. The van der Waals surface area contributed by atoms with E-state index in [9.17, 15) is 14.0 Å². The second-order valence-corrected chi connectivity index (χ2v) is 7.43. The number of amides is 3. The number of aromatic nitrogens is 3. The predicted octanol–water partition coefficient (Wildman–Crippen LogP) is 3.02. The van der Waals surface area contributed by atoms with E-state index >= 15 is 0 Å². The molecule has 3 aromatic rings. The van der Waals surface area contributed by atoms with Crippen LogP contribution < -0.4 is 21.3 Å². The van der Waals surface area contributed by atoms with Crippen LogP contribution in [0.5, 0.6) is 0 Å². The molecule has 3 amide bonds. The molecular weight excluding hydrogens is 413 g/mol. The molecule has 2 fully saturated rings. The first kappa shape index (κ1) is 18.4. The summed E-state index contributed by atoms with van der Waals surface area (Å²) in [4.78, 5) is 27.8. The zero-order chi connectivity index (χ0) is 20.8. The van der Waals surface area contributed by atoms with E-state index in [4.69, 9.17) is 11.6 Å². The van der Waals surface area contributed by atoms with Gasteiger partial charge in [-0.3, -0.25) is 10.1 Å². The maximum absolute atomic E-state index is 14.2. The van der Waals surface area contributed by atoms with E-state index in [0.717, 1.165) is 12.8 Å². The van der Waals surface area contributed by atoms with Crippen molar-refractivity contribution in [2.45, 2.75) is 18.9 Å². The molecule has 4 N–H and O–H groups in total. The summed E-state index contributed by atoms with van der Waals surface area (Å²) in [5.74, 6) is 0.0220. The van der Waals surface area contributed by atoms with Crippen molar-refractivity contribution in [1.29, 1.82) is 0 Å². The van der Waals surface area contributed by atoms with E-state index < -0.39 is 17.8 Å². The first-order chi connectivity index (χ1) is 14.5. The zero-order valence-corrected chi connectivity index (χ0v) is 16.1. The van der Waals surface area contributed by atoms with Crippen LogP contribution in [0.4, 0.5) is 26.5 Å². The summed E-state index contributed by atoms with van der Waals surface area (Å²) >= 11 is 5.98. The van der Waals surface area contributed by atoms with Crippen LogP contribution in [0.15, 0.2) is 36.2 Å². The Hall–Kier alpha value is -3.66. The lowest BCUT2D eigenvalue weighted by Crippen LogP contribution is -2.22. The molecule has 1 aliphatic heterocycles. The largest absolute Gasteiger partial charge is 0.367 e. The van der Waals surface area contributed by atoms with E-state index in [2.05, 4.69) is 31.3 Å². The van der Waals surface area contributed by atoms with Crippen LogP contribution in [0.1, 0.15) is 18.4 Å². The van der Waals surface area contributed by atoms with Crippen molar-refractivity contribution < 1.29 is 14.0 Å². The van der Waals surface area contributed by atoms with Crippen LogP contribution in [0.3, 0.4) is 0 Å². The Bertz CT molecular complexity index is 1240. The SMILES string of the molecule is O=C1NC(=O)/C(=C\c2cnn3c(NC4CC4)cc(Nc4cc(Cl)ccc4F)nc23)N1. The Kier molecular flexibility index (Phi) is 4.28. The summed E-state index contributed by atoms with van der Waals surface area (Å²) in [5, 5.41) is 15.6. The fourth-order valence-electron chi connectivity index (χ4n) is 3.05. The predicted molar refractivity (Wildman–Crippen MR) is 109 cm³/mol. The highest BCUT2D eigenvalue weighted by molar-refractivity contribution is 6.30. The number of hydrogen-bond acceptors (Lipinski definition) is 6. The standard InChI is InChI=1S/C19H15ClFN7O2/c20-10-1-4-12(21)13(6-10)24-15-7-16(23-11-2-3-11)28-17(26-15)9(8-22-28)5-14-18(29)27-19(30)25-14/h1,4-8,11,23H,2-3H2,(H,24,26)(H2,25,27,29,30)/b14-5+. The van der Waals surface area contributed by atoms with E-state index in [1.165, 1.54) is 30.5 Å². The fourth-order valence-corrected chi connectivity index (χ4v) is 3.23. The molecule has 11 heteroatoms. The monoisotopic (exact) mass is 427 g/mol. The lowest BCUT2D eigenvalue weighted by Gasteiger charge is -2.12. The molecule has 2 aromatic heterocycles. The summed E-state index contributed by atoms with van der Waals surface area (Å²) in [6.45, 7) is 0. The van der Waals surface area contributed by atoms with Crippen LogP contribution in [0, 0.1) is 5.82 Å². The Morgan fingerprint density at radius 1 is 1.23 bits per heavy atom. The molecule has 5 rings (SSSR count). The van der Waals surface area contributed by atoms with Crippen molar-refractivity contribution in [3.05, 3.63) is 52.6 Å². The van der Waals surface area contributed by atoms with Gasteiger partial charge in [-0.05, 0) is 37.1 Å². The molecule has 152 valence electrons. The maximum Gasteiger partial charge on any atom is 0.326 e. The van der Waals surface area contributed by atoms with Crippen LogP contribution in [0.2, 0.25) is 5.02 Å². The molecular formula is C19H15ClFN7O2. The molecule has 1 aromatic carbocycles. The highest BCUT2D eigenvalue weighted by atomic mass is 35.5. The summed E-state index contributed by atoms with van der Waals surface area (Å²) < 4.78 is 15.8. The Morgan fingerprint density at radius 3 is 2.80 bits per heavy atom. The molecule has 2 aliphatic rings. The molecule has 3 heterocycles. The number of carbonyl (C=O) groups excluding carboxylic acids is 2. The number of halogens is 2. The molecule has 9 nitrogen and oxygen atoms in total. The first-order valence-corrected chi connectivity index (χ1v) is 9.55. The molecule has 0 atom stereocenters. The van der Waals surface area contributed by atoms with E-state index in [1.807, 2.05) is 0 Å². The maximum atomic E-state index is 14.2. The minimum Gasteiger partial charge on any atom is -0.367 e. The normalized spacial score (nSPS) is 17.3. The summed E-state index contributed by atoms with van der Waals surface area (Å²) in [5.41, 5.74) is 1.20. The molecule has 1 saturated carbocycles. The molecule has 1 aliphatic carbocycles. The minimum absolute atomic E-state index is 0.0904. The Balaban J connectivity index is 1.59. The van der Waals surface area contributed by atoms with Gasteiger partial charge in [-0.2, -0.15) is 9.61 Å². The van der Waals surface area contributed by atoms with Gasteiger partial charge in [-0.15, -0.1) is 0 Å². The van der Waals surface area contributed by atoms with Crippen LogP contribution in [-0.4, -0.2) is 32.6 Å². The number of nitrogens with zero attached hydrogens (tertiary/aromatic N) is 3. The molecule has 0 radical (unpaired) electrons. The highest BCUT2D eigenvalue weighted by Gasteiger charge is 2.25. The summed E-state index contributed by atoms with van der Waals surface area (Å²) in [6, 6.07) is 5.65. The lowest BCUT2D eigenvalue weighted by atomic mass is 10.2. The molecule has 0 spiro atoms. The number of nitrogens with one attached hydrogen (secondary N) is 4. The number of hydrogen-bond donors (Lipinski definition) is 4. The molecule has 0 bridgehead atoms. The topological polar surface area (TPSA) is 112 Å². The van der Waals surface area contributed by atoms with Gasteiger partial charge in [0.1, 0.15) is 23.1 Å². The highest BCUT2D eigenvalue weighted by Crippen LogP contribution is 2.29. The van der Waals surface area contributed by atoms with Crippen LogP contribution in [0.25, 0.3) is 11.7 Å². The van der Waals surface area contributed by atoms with Crippen LogP contribution in [-0.2, 0) is 4.79 Å². The minimum atomic E-state index is -0.592. The van der Waals surface area contributed by atoms with Crippen molar-refractivity contribution in [3.63, 3.8) is 0 Å². The van der Waals surface area contributed by atoms with Crippen LogP contribution >= 0.6 is 11.6 Å². The van der Waals surface area contributed by atoms with Gasteiger partial charge in [-0.1, -0.05) is 11.6 Å². The second-order valence-electron chi connectivity index (χ2n) is 7.00. The van der Waals surface area contributed by atoms with Gasteiger partial charge < -0.3 is 16.0 Å². The van der Waals surface area contributed by atoms with Crippen molar-refractivity contribution in [2.75, 3.05) is 10.6 Å². The average Bonchev–Trinajstić information content (AvgIpc) is 3.34. The summed E-state index contributed by atoms with van der Waals surface area (Å²) in [7, 11) is 0. The number of rotatable bonds is 5. The van der Waals surface area contributed by atoms with E-state index in [0.29, 0.717) is 33.9 Å². The Labute approximate surface area is 174 Å². The van der Waals surface area contributed by atoms with Crippen molar-refractivity contribution in [2.24, 2.45) is 0 Å². The lowest BCUT2D eigenvalue weighted by molar-refractivity contribution is -0.115. The van der Waals surface area contributed by atoms with Gasteiger partial charge in [0.25, 0.3) is 5.91 Å². The van der Waals surface area contributed by atoms with E-state index in [-0.39, 0.29) is 11.4 Å². The Morgan fingerprint density at radius 2 is 2.07 bits per heavy atom. The quantitative estimate of drug-likeness (QED) is 0.368. The smallest absolute Gasteiger partial charge is 0.326 e. The van der Waals surface area contributed by atoms with Gasteiger partial charge in [0.05, 0.1) is 11.9 Å². The second kappa shape index (κ2) is 6.99. The van der Waals surface area contributed by atoms with Gasteiger partial charge in [0.2, 0.25) is 0 Å². The first-order valence-electron chi connectivity index (χ1n) is 9.18. The molecule has 0 unspecified atom stereocenters. The van der Waals surface area contributed by atoms with Gasteiger partial charge in [0.15, 0.2) is 5.65 Å². The summed E-state index contributed by atoms with van der Waals surface area (Å²) in [6.07, 6.45) is 5.11. The number of carbonyl (C=O) groups is 2. The van der Waals surface area contributed by atoms with Crippen molar-refractivity contribution in [3.8, 4) is 0 Å². The van der Waals surface area contributed by atoms with E-state index in [1.54, 1.807) is 10.6 Å². The molecule has 1 saturated heterocycles. The number of imide groups is 1. The number of fused-ring (bicyclic) bond motifs is 1. The zero-order valence-electron chi connectivity index (χ0n) is 15.4. The number of urea groups is 1.